The fourth-order valence-corrected chi connectivity index (χ4v) is 4.08. The summed E-state index contributed by atoms with van der Waals surface area (Å²) in [5.74, 6) is -2.35. The number of carbonyl (C=O) groups excluding carboxylic acids is 1. The zero-order valence-corrected chi connectivity index (χ0v) is 17.0. The van der Waals surface area contributed by atoms with E-state index in [0.29, 0.717) is 11.4 Å². The molecule has 1 aromatic carbocycles. The summed E-state index contributed by atoms with van der Waals surface area (Å²) in [5, 5.41) is 5.46. The Labute approximate surface area is 178 Å². The number of aromatic nitrogens is 3. The Balaban J connectivity index is 1.34. The molecule has 1 amide bonds. The van der Waals surface area contributed by atoms with Gasteiger partial charge in [-0.05, 0) is 30.3 Å². The first-order valence-electron chi connectivity index (χ1n) is 10.4. The van der Waals surface area contributed by atoms with E-state index >= 15 is 0 Å². The predicted molar refractivity (Wildman–Crippen MR) is 112 cm³/mol. The first kappa shape index (κ1) is 19.9. The smallest absolute Gasteiger partial charge is 0.255 e. The normalized spacial score (nSPS) is 19.0. The van der Waals surface area contributed by atoms with E-state index in [-0.39, 0.29) is 31.8 Å². The highest BCUT2D eigenvalue weighted by Crippen LogP contribution is 2.28. The Hall–Kier alpha value is -3.07. The van der Waals surface area contributed by atoms with Crippen LogP contribution in [0.25, 0.3) is 16.7 Å². The van der Waals surface area contributed by atoms with Gasteiger partial charge in [0, 0.05) is 56.3 Å². The third-order valence-electron chi connectivity index (χ3n) is 5.92. The molecular formula is C22H23F2N5O2. The van der Waals surface area contributed by atoms with Gasteiger partial charge in [0.05, 0.1) is 30.5 Å². The fraction of sp³-hybridized carbons (Fsp3) is 0.409. The SMILES string of the molecule is O=C(c1ccc(-n2ncc3cc(N4CCOCC4)ccc32)nc1)N1CCC(F)(F)CC1. The number of likely N-dealkylation sites (tertiary alicyclic amines) is 1. The van der Waals surface area contributed by atoms with E-state index < -0.39 is 5.92 Å². The summed E-state index contributed by atoms with van der Waals surface area (Å²) >= 11 is 0. The maximum absolute atomic E-state index is 13.3. The number of pyridine rings is 1. The van der Waals surface area contributed by atoms with Gasteiger partial charge >= 0.3 is 0 Å². The number of amides is 1. The molecule has 2 aliphatic rings. The number of halogens is 2. The first-order chi connectivity index (χ1) is 15.0. The van der Waals surface area contributed by atoms with Crippen molar-refractivity contribution in [3.63, 3.8) is 0 Å². The molecule has 7 nitrogen and oxygen atoms in total. The topological polar surface area (TPSA) is 63.5 Å². The van der Waals surface area contributed by atoms with Crippen molar-refractivity contribution >= 4 is 22.5 Å². The van der Waals surface area contributed by atoms with Crippen molar-refractivity contribution in [3.05, 3.63) is 48.3 Å². The molecule has 0 spiro atoms. The number of morpholine rings is 1. The van der Waals surface area contributed by atoms with Crippen LogP contribution < -0.4 is 4.90 Å². The molecule has 0 N–H and O–H groups in total. The lowest BCUT2D eigenvalue weighted by Gasteiger charge is -2.31. The van der Waals surface area contributed by atoms with Crippen molar-refractivity contribution in [1.29, 1.82) is 0 Å². The molecule has 2 aromatic heterocycles. The van der Waals surface area contributed by atoms with Crippen LogP contribution in [0.4, 0.5) is 14.5 Å². The summed E-state index contributed by atoms with van der Waals surface area (Å²) in [6.45, 7) is 3.31. The maximum atomic E-state index is 13.3. The molecule has 3 aromatic rings. The summed E-state index contributed by atoms with van der Waals surface area (Å²) in [6, 6.07) is 9.59. The van der Waals surface area contributed by atoms with Gasteiger partial charge in [-0.2, -0.15) is 5.10 Å². The van der Waals surface area contributed by atoms with E-state index in [1.54, 1.807) is 23.0 Å². The zero-order chi connectivity index (χ0) is 21.4. The summed E-state index contributed by atoms with van der Waals surface area (Å²) < 4.78 is 33.8. The quantitative estimate of drug-likeness (QED) is 0.643. The largest absolute Gasteiger partial charge is 0.378 e. The number of alkyl halides is 2. The van der Waals surface area contributed by atoms with Crippen molar-refractivity contribution in [3.8, 4) is 5.82 Å². The summed E-state index contributed by atoms with van der Waals surface area (Å²) in [6.07, 6.45) is 2.69. The number of nitrogens with zero attached hydrogens (tertiary/aromatic N) is 5. The van der Waals surface area contributed by atoms with E-state index in [1.807, 2.05) is 6.07 Å². The molecule has 0 bridgehead atoms. The molecule has 4 heterocycles. The van der Waals surface area contributed by atoms with Crippen molar-refractivity contribution in [2.75, 3.05) is 44.3 Å². The Morgan fingerprint density at radius 2 is 1.77 bits per heavy atom. The lowest BCUT2D eigenvalue weighted by Crippen LogP contribution is -2.42. The summed E-state index contributed by atoms with van der Waals surface area (Å²) in [5.41, 5.74) is 2.44. The van der Waals surface area contributed by atoms with Crippen molar-refractivity contribution in [2.45, 2.75) is 18.8 Å². The standard InChI is InChI=1S/C22H23F2N5O2/c23-22(24)5-7-28(8-6-22)21(30)16-1-4-20(25-14-16)29-19-3-2-18(13-17(19)15-26-29)27-9-11-31-12-10-27/h1-4,13-15H,5-12H2. The molecule has 0 atom stereocenters. The van der Waals surface area contributed by atoms with Crippen LogP contribution in [-0.2, 0) is 4.74 Å². The van der Waals surface area contributed by atoms with E-state index in [4.69, 9.17) is 4.74 Å². The number of benzene rings is 1. The molecule has 31 heavy (non-hydrogen) atoms. The Kier molecular flexibility index (Phi) is 5.05. The number of ether oxygens (including phenoxy) is 1. The van der Waals surface area contributed by atoms with Gasteiger partial charge in [0.25, 0.3) is 11.8 Å². The molecule has 2 aliphatic heterocycles. The first-order valence-corrected chi connectivity index (χ1v) is 10.4. The third kappa shape index (κ3) is 3.97. The van der Waals surface area contributed by atoms with E-state index in [9.17, 15) is 13.6 Å². The molecule has 0 unspecified atom stereocenters. The predicted octanol–water partition coefficient (Wildman–Crippen LogP) is 3.13. The molecule has 0 radical (unpaired) electrons. The van der Waals surface area contributed by atoms with Crippen LogP contribution in [0, 0.1) is 0 Å². The number of anilines is 1. The zero-order valence-electron chi connectivity index (χ0n) is 17.0. The lowest BCUT2D eigenvalue weighted by molar-refractivity contribution is -0.0494. The van der Waals surface area contributed by atoms with Crippen molar-refractivity contribution in [2.24, 2.45) is 0 Å². The molecule has 2 saturated heterocycles. The van der Waals surface area contributed by atoms with Crippen LogP contribution in [-0.4, -0.2) is 70.9 Å². The number of piperidine rings is 1. The molecule has 162 valence electrons. The molecule has 9 heteroatoms. The highest BCUT2D eigenvalue weighted by molar-refractivity contribution is 5.94. The highest BCUT2D eigenvalue weighted by atomic mass is 19.3. The van der Waals surface area contributed by atoms with Gasteiger partial charge < -0.3 is 14.5 Å². The summed E-state index contributed by atoms with van der Waals surface area (Å²) in [4.78, 5) is 20.8. The van der Waals surface area contributed by atoms with Crippen LogP contribution in [0.5, 0.6) is 0 Å². The van der Waals surface area contributed by atoms with Crippen LogP contribution in [0.2, 0.25) is 0 Å². The number of fused-ring (bicyclic) bond motifs is 1. The van der Waals surface area contributed by atoms with Gasteiger partial charge in [-0.3, -0.25) is 4.79 Å². The van der Waals surface area contributed by atoms with Crippen molar-refractivity contribution in [1.82, 2.24) is 19.7 Å². The monoisotopic (exact) mass is 427 g/mol. The second kappa shape index (κ2) is 7.88. The third-order valence-corrected chi connectivity index (χ3v) is 5.92. The minimum atomic E-state index is -2.68. The van der Waals surface area contributed by atoms with Crippen LogP contribution in [0.15, 0.2) is 42.7 Å². The maximum Gasteiger partial charge on any atom is 0.255 e. The Morgan fingerprint density at radius 1 is 1.00 bits per heavy atom. The number of rotatable bonds is 3. The van der Waals surface area contributed by atoms with E-state index in [1.165, 1.54) is 11.1 Å². The average Bonchev–Trinajstić information content (AvgIpc) is 3.23. The van der Waals surface area contributed by atoms with Crippen LogP contribution in [0.3, 0.4) is 0 Å². The fourth-order valence-electron chi connectivity index (χ4n) is 4.08. The highest BCUT2D eigenvalue weighted by Gasteiger charge is 2.35. The molecular weight excluding hydrogens is 404 g/mol. The van der Waals surface area contributed by atoms with Crippen LogP contribution in [0.1, 0.15) is 23.2 Å². The van der Waals surface area contributed by atoms with E-state index in [2.05, 4.69) is 27.1 Å². The number of hydrogen-bond donors (Lipinski definition) is 0. The van der Waals surface area contributed by atoms with Gasteiger partial charge in [0.2, 0.25) is 0 Å². The van der Waals surface area contributed by atoms with Gasteiger partial charge in [0.1, 0.15) is 0 Å². The molecule has 0 saturated carbocycles. The molecule has 5 rings (SSSR count). The second-order valence-electron chi connectivity index (χ2n) is 7.95. The minimum Gasteiger partial charge on any atom is -0.378 e. The van der Waals surface area contributed by atoms with Crippen LogP contribution >= 0.6 is 0 Å². The Bertz CT molecular complexity index is 1080. The molecule has 2 fully saturated rings. The van der Waals surface area contributed by atoms with Gasteiger partial charge in [-0.1, -0.05) is 0 Å². The number of hydrogen-bond acceptors (Lipinski definition) is 5. The van der Waals surface area contributed by atoms with Crippen molar-refractivity contribution < 1.29 is 18.3 Å². The van der Waals surface area contributed by atoms with Gasteiger partial charge in [0.15, 0.2) is 5.82 Å². The Morgan fingerprint density at radius 3 is 2.48 bits per heavy atom. The van der Waals surface area contributed by atoms with Gasteiger partial charge in [-0.25, -0.2) is 18.4 Å². The number of carbonyl (C=O) groups is 1. The van der Waals surface area contributed by atoms with Gasteiger partial charge in [-0.15, -0.1) is 0 Å². The average molecular weight is 427 g/mol. The summed E-state index contributed by atoms with van der Waals surface area (Å²) in [7, 11) is 0. The molecule has 0 aliphatic carbocycles. The van der Waals surface area contributed by atoms with E-state index in [0.717, 1.165) is 42.9 Å². The lowest BCUT2D eigenvalue weighted by atomic mass is 10.1. The second-order valence-corrected chi connectivity index (χ2v) is 7.95. The minimum absolute atomic E-state index is 0.0584.